The Hall–Kier alpha value is -2.98. The lowest BCUT2D eigenvalue weighted by atomic mass is 9.94. The maximum Gasteiger partial charge on any atom is 0.317 e. The maximum atomic E-state index is 14.4. The second-order valence-corrected chi connectivity index (χ2v) is 11.6. The lowest BCUT2D eigenvalue weighted by Gasteiger charge is -2.33. The predicted octanol–water partition coefficient (Wildman–Crippen LogP) is 5.99. The molecule has 0 bridgehead atoms. The van der Waals surface area contributed by atoms with E-state index in [9.17, 15) is 13.6 Å². The third kappa shape index (κ3) is 4.47. The summed E-state index contributed by atoms with van der Waals surface area (Å²) in [6.07, 6.45) is 1.65. The lowest BCUT2D eigenvalue weighted by Crippen LogP contribution is -2.42. The standard InChI is InChI=1S/C28H33F2N5O2S/c1-17-5-6-25(38-17)20-14-18-4-3-10-34(24(18)15-21(20)26(29)30)27-22-16-33(28(36)31-2)11-7-23(22)35(32-27)19-8-12-37-13-9-19/h5-6,14-15,19,26H,3-4,7-13,16H2,1-2H3,(H,31,36). The van der Waals surface area contributed by atoms with Crippen LogP contribution in [0.4, 0.5) is 25.1 Å². The molecule has 0 spiro atoms. The molecule has 3 aromatic rings. The number of fused-ring (bicyclic) bond motifs is 2. The van der Waals surface area contributed by atoms with E-state index in [4.69, 9.17) is 9.84 Å². The number of halogens is 2. The second-order valence-electron chi connectivity index (χ2n) is 10.3. The fourth-order valence-corrected chi connectivity index (χ4v) is 6.96. The maximum absolute atomic E-state index is 14.4. The van der Waals surface area contributed by atoms with Crippen LogP contribution >= 0.6 is 11.3 Å². The van der Waals surface area contributed by atoms with Crippen molar-refractivity contribution < 1.29 is 18.3 Å². The number of alkyl halides is 2. The van der Waals surface area contributed by atoms with Crippen LogP contribution in [-0.2, 0) is 24.1 Å². The van der Waals surface area contributed by atoms with Crippen LogP contribution in [-0.4, -0.2) is 54.1 Å². The smallest absolute Gasteiger partial charge is 0.317 e. The molecular formula is C28H33F2N5O2S. The highest BCUT2D eigenvalue weighted by atomic mass is 32.1. The van der Waals surface area contributed by atoms with Gasteiger partial charge in [0.15, 0.2) is 5.82 Å². The number of carbonyl (C=O) groups is 1. The number of thiophene rings is 1. The van der Waals surface area contributed by atoms with Gasteiger partial charge in [0.1, 0.15) is 0 Å². The first kappa shape index (κ1) is 25.3. The van der Waals surface area contributed by atoms with Gasteiger partial charge in [0.25, 0.3) is 6.43 Å². The van der Waals surface area contributed by atoms with Gasteiger partial charge in [-0.2, -0.15) is 5.10 Å². The van der Waals surface area contributed by atoms with E-state index in [1.54, 1.807) is 29.4 Å². The zero-order valence-electron chi connectivity index (χ0n) is 21.8. The molecule has 2 aromatic heterocycles. The quantitative estimate of drug-likeness (QED) is 0.441. The number of amides is 2. The number of hydrogen-bond acceptors (Lipinski definition) is 5. The minimum Gasteiger partial charge on any atom is -0.381 e. The summed E-state index contributed by atoms with van der Waals surface area (Å²) in [6, 6.07) is 7.69. The summed E-state index contributed by atoms with van der Waals surface area (Å²) >= 11 is 1.55. The molecule has 1 aromatic carbocycles. The highest BCUT2D eigenvalue weighted by Gasteiger charge is 2.34. The van der Waals surface area contributed by atoms with Crippen LogP contribution < -0.4 is 10.2 Å². The molecule has 10 heteroatoms. The third-order valence-corrected chi connectivity index (χ3v) is 9.00. The lowest BCUT2D eigenvalue weighted by molar-refractivity contribution is 0.0651. The van der Waals surface area contributed by atoms with Gasteiger partial charge in [-0.3, -0.25) is 4.68 Å². The number of nitrogens with zero attached hydrogens (tertiary/aromatic N) is 4. The van der Waals surface area contributed by atoms with Crippen molar-refractivity contribution >= 4 is 28.9 Å². The van der Waals surface area contributed by atoms with Gasteiger partial charge in [-0.05, 0) is 62.4 Å². The molecule has 7 nitrogen and oxygen atoms in total. The Morgan fingerprint density at radius 3 is 2.71 bits per heavy atom. The van der Waals surface area contributed by atoms with Crippen molar-refractivity contribution in [2.24, 2.45) is 0 Å². The second kappa shape index (κ2) is 10.3. The van der Waals surface area contributed by atoms with E-state index in [1.807, 2.05) is 25.1 Å². The first-order valence-electron chi connectivity index (χ1n) is 13.4. The van der Waals surface area contributed by atoms with Crippen molar-refractivity contribution in [2.45, 2.75) is 58.0 Å². The van der Waals surface area contributed by atoms with E-state index in [0.717, 1.165) is 63.8 Å². The van der Waals surface area contributed by atoms with E-state index in [-0.39, 0.29) is 17.6 Å². The van der Waals surface area contributed by atoms with Gasteiger partial charge < -0.3 is 19.9 Å². The third-order valence-electron chi connectivity index (χ3n) is 7.97. The van der Waals surface area contributed by atoms with E-state index in [2.05, 4.69) is 14.9 Å². The molecule has 0 aliphatic carbocycles. The number of nitrogens with one attached hydrogen (secondary N) is 1. The summed E-state index contributed by atoms with van der Waals surface area (Å²) in [7, 11) is 1.64. The van der Waals surface area contributed by atoms with Crippen molar-refractivity contribution in [3.63, 3.8) is 0 Å². The average Bonchev–Trinajstić information content (AvgIpc) is 3.55. The molecule has 6 rings (SSSR count). The van der Waals surface area contributed by atoms with Crippen LogP contribution in [0.1, 0.15) is 59.0 Å². The molecule has 1 fully saturated rings. The summed E-state index contributed by atoms with van der Waals surface area (Å²) in [5.74, 6) is 0.793. The molecule has 1 saturated heterocycles. The predicted molar refractivity (Wildman–Crippen MR) is 145 cm³/mol. The topological polar surface area (TPSA) is 62.6 Å². The van der Waals surface area contributed by atoms with E-state index < -0.39 is 6.43 Å². The zero-order chi connectivity index (χ0) is 26.4. The number of carbonyl (C=O) groups excluding carboxylic acids is 1. The van der Waals surface area contributed by atoms with Crippen LogP contribution in [0.3, 0.4) is 0 Å². The van der Waals surface area contributed by atoms with Gasteiger partial charge in [0, 0.05) is 77.6 Å². The summed E-state index contributed by atoms with van der Waals surface area (Å²) < 4.78 is 36.6. The SMILES string of the molecule is CNC(=O)N1CCc2c(c(N3CCCc4cc(-c5ccc(C)s5)c(C(F)F)cc43)nn2C2CCOCC2)C1. The molecule has 2 amide bonds. The van der Waals surface area contributed by atoms with Crippen LogP contribution in [0.2, 0.25) is 0 Å². The summed E-state index contributed by atoms with van der Waals surface area (Å²) in [6.45, 7) is 5.17. The van der Waals surface area contributed by atoms with Crippen molar-refractivity contribution in [3.05, 3.63) is 51.5 Å². The Morgan fingerprint density at radius 1 is 1.18 bits per heavy atom. The molecule has 0 radical (unpaired) electrons. The molecule has 3 aliphatic rings. The molecule has 38 heavy (non-hydrogen) atoms. The number of urea groups is 1. The summed E-state index contributed by atoms with van der Waals surface area (Å²) in [4.78, 5) is 18.4. The summed E-state index contributed by atoms with van der Waals surface area (Å²) in [5, 5.41) is 7.90. The van der Waals surface area contributed by atoms with Gasteiger partial charge in [-0.25, -0.2) is 13.6 Å². The highest BCUT2D eigenvalue weighted by molar-refractivity contribution is 7.15. The van der Waals surface area contributed by atoms with Gasteiger partial charge in [-0.1, -0.05) is 0 Å². The molecular weight excluding hydrogens is 508 g/mol. The number of ether oxygens (including phenoxy) is 1. The van der Waals surface area contributed by atoms with Crippen molar-refractivity contribution in [2.75, 3.05) is 38.3 Å². The highest BCUT2D eigenvalue weighted by Crippen LogP contribution is 2.44. The molecule has 0 atom stereocenters. The minimum absolute atomic E-state index is 0.0576. The average molecular weight is 542 g/mol. The Bertz CT molecular complexity index is 1350. The largest absolute Gasteiger partial charge is 0.381 e. The van der Waals surface area contributed by atoms with Crippen LogP contribution in [0.25, 0.3) is 10.4 Å². The number of aromatic nitrogens is 2. The Labute approximate surface area is 225 Å². The fourth-order valence-electron chi connectivity index (χ4n) is 6.05. The van der Waals surface area contributed by atoms with E-state index in [0.29, 0.717) is 44.8 Å². The van der Waals surface area contributed by atoms with Crippen LogP contribution in [0, 0.1) is 6.92 Å². The molecule has 3 aliphatic heterocycles. The Kier molecular flexibility index (Phi) is 6.86. The number of anilines is 2. The number of benzene rings is 1. The first-order chi connectivity index (χ1) is 18.4. The molecule has 1 N–H and O–H groups in total. The van der Waals surface area contributed by atoms with E-state index in [1.165, 1.54) is 0 Å². The number of hydrogen-bond donors (Lipinski definition) is 1. The van der Waals surface area contributed by atoms with Crippen molar-refractivity contribution in [1.82, 2.24) is 20.0 Å². The molecule has 202 valence electrons. The monoisotopic (exact) mass is 541 g/mol. The summed E-state index contributed by atoms with van der Waals surface area (Å²) in [5.41, 5.74) is 4.73. The fraction of sp³-hybridized carbons (Fsp3) is 0.500. The van der Waals surface area contributed by atoms with Crippen molar-refractivity contribution in [3.8, 4) is 10.4 Å². The molecule has 0 unspecified atom stereocenters. The van der Waals surface area contributed by atoms with Crippen molar-refractivity contribution in [1.29, 1.82) is 0 Å². The number of aryl methyl sites for hydroxylation is 2. The zero-order valence-corrected chi connectivity index (χ0v) is 22.6. The number of rotatable bonds is 4. The van der Waals surface area contributed by atoms with Gasteiger partial charge in [0.2, 0.25) is 0 Å². The first-order valence-corrected chi connectivity index (χ1v) is 14.2. The molecule has 0 saturated carbocycles. The van der Waals surface area contributed by atoms with E-state index >= 15 is 0 Å². The van der Waals surface area contributed by atoms with Crippen LogP contribution in [0.15, 0.2) is 24.3 Å². The molecule has 5 heterocycles. The Morgan fingerprint density at radius 2 is 2.00 bits per heavy atom. The minimum atomic E-state index is -2.58. The normalized spacial score (nSPS) is 18.0. The van der Waals surface area contributed by atoms with Gasteiger partial charge in [-0.15, -0.1) is 11.3 Å². The van der Waals surface area contributed by atoms with Gasteiger partial charge >= 0.3 is 6.03 Å². The Balaban J connectivity index is 1.46. The van der Waals surface area contributed by atoms with Crippen LogP contribution in [0.5, 0.6) is 0 Å². The van der Waals surface area contributed by atoms with Gasteiger partial charge in [0.05, 0.1) is 12.6 Å².